The van der Waals surface area contributed by atoms with E-state index in [0.29, 0.717) is 5.56 Å². The summed E-state index contributed by atoms with van der Waals surface area (Å²) >= 11 is 0. The van der Waals surface area contributed by atoms with Crippen LogP contribution in [0.25, 0.3) is 0 Å². The number of rotatable bonds is 3. The molecule has 0 aliphatic heterocycles. The van der Waals surface area contributed by atoms with Crippen LogP contribution >= 0.6 is 0 Å². The molecule has 2 rings (SSSR count). The highest BCUT2D eigenvalue weighted by molar-refractivity contribution is 5.93. The highest BCUT2D eigenvalue weighted by Crippen LogP contribution is 2.25. The highest BCUT2D eigenvalue weighted by atomic mass is 16.5. The van der Waals surface area contributed by atoms with E-state index in [4.69, 9.17) is 9.15 Å². The van der Waals surface area contributed by atoms with Crippen molar-refractivity contribution in [2.45, 2.75) is 31.7 Å². The second-order valence-electron chi connectivity index (χ2n) is 4.56. The van der Waals surface area contributed by atoms with Crippen molar-refractivity contribution in [2.75, 3.05) is 7.11 Å². The molecule has 1 N–H and O–H groups in total. The van der Waals surface area contributed by atoms with Crippen LogP contribution in [0.3, 0.4) is 0 Å². The van der Waals surface area contributed by atoms with E-state index in [1.165, 1.54) is 19.6 Å². The molecule has 5 heteroatoms. The van der Waals surface area contributed by atoms with Crippen molar-refractivity contribution >= 4 is 11.9 Å². The van der Waals surface area contributed by atoms with Crippen LogP contribution in [0.1, 0.15) is 36.0 Å². The van der Waals surface area contributed by atoms with Crippen LogP contribution in [-0.4, -0.2) is 25.0 Å². The standard InChI is InChI=1S/C13H17NO4/c1-17-13(16)9-2-4-11(5-3-9)14-12(15)10-6-7-18-8-10/h6-9,11H,2-5H2,1H3,(H,14,15). The number of hydrogen-bond acceptors (Lipinski definition) is 4. The highest BCUT2D eigenvalue weighted by Gasteiger charge is 2.27. The van der Waals surface area contributed by atoms with Gasteiger partial charge in [0.05, 0.1) is 24.9 Å². The number of esters is 1. The maximum atomic E-state index is 11.8. The van der Waals surface area contributed by atoms with Crippen molar-refractivity contribution in [1.29, 1.82) is 0 Å². The second kappa shape index (κ2) is 5.71. The van der Waals surface area contributed by atoms with Gasteiger partial charge in [-0.15, -0.1) is 0 Å². The number of carbonyl (C=O) groups excluding carboxylic acids is 2. The van der Waals surface area contributed by atoms with E-state index in [9.17, 15) is 9.59 Å². The first kappa shape index (κ1) is 12.7. The largest absolute Gasteiger partial charge is 0.472 e. The first-order valence-electron chi connectivity index (χ1n) is 6.11. The monoisotopic (exact) mass is 251 g/mol. The molecule has 1 aliphatic rings. The maximum absolute atomic E-state index is 11.8. The molecule has 0 radical (unpaired) electrons. The van der Waals surface area contributed by atoms with Crippen molar-refractivity contribution < 1.29 is 18.7 Å². The lowest BCUT2D eigenvalue weighted by atomic mass is 9.86. The summed E-state index contributed by atoms with van der Waals surface area (Å²) in [5.74, 6) is -0.281. The molecular weight excluding hydrogens is 234 g/mol. The average molecular weight is 251 g/mol. The topological polar surface area (TPSA) is 68.5 Å². The number of methoxy groups -OCH3 is 1. The van der Waals surface area contributed by atoms with Crippen molar-refractivity contribution in [2.24, 2.45) is 5.92 Å². The number of furan rings is 1. The van der Waals surface area contributed by atoms with Gasteiger partial charge in [-0.2, -0.15) is 0 Å². The van der Waals surface area contributed by atoms with Gasteiger partial charge in [0.25, 0.3) is 5.91 Å². The SMILES string of the molecule is COC(=O)C1CCC(NC(=O)c2ccoc2)CC1. The average Bonchev–Trinajstić information content (AvgIpc) is 2.92. The number of nitrogens with one attached hydrogen (secondary N) is 1. The Balaban J connectivity index is 1.80. The third-order valence-electron chi connectivity index (χ3n) is 3.38. The number of ether oxygens (including phenoxy) is 1. The van der Waals surface area contributed by atoms with Crippen LogP contribution in [0, 0.1) is 5.92 Å². The zero-order valence-corrected chi connectivity index (χ0v) is 10.3. The Bertz CT molecular complexity index is 405. The van der Waals surface area contributed by atoms with E-state index in [0.717, 1.165) is 25.7 Å². The van der Waals surface area contributed by atoms with Gasteiger partial charge in [-0.25, -0.2) is 0 Å². The Hall–Kier alpha value is -1.78. The smallest absolute Gasteiger partial charge is 0.308 e. The Kier molecular flexibility index (Phi) is 4.02. The molecule has 1 amide bonds. The molecule has 1 aliphatic carbocycles. The molecule has 0 spiro atoms. The molecule has 1 aromatic rings. The summed E-state index contributed by atoms with van der Waals surface area (Å²) in [6.45, 7) is 0. The van der Waals surface area contributed by atoms with Crippen LogP contribution < -0.4 is 5.32 Å². The van der Waals surface area contributed by atoms with Crippen LogP contribution in [0.4, 0.5) is 0 Å². The molecule has 0 unspecified atom stereocenters. The molecule has 1 heterocycles. The van der Waals surface area contributed by atoms with Crippen molar-refractivity contribution in [3.63, 3.8) is 0 Å². The molecule has 1 fully saturated rings. The summed E-state index contributed by atoms with van der Waals surface area (Å²) in [4.78, 5) is 23.1. The van der Waals surface area contributed by atoms with E-state index < -0.39 is 0 Å². The lowest BCUT2D eigenvalue weighted by Crippen LogP contribution is -2.38. The zero-order chi connectivity index (χ0) is 13.0. The van der Waals surface area contributed by atoms with E-state index >= 15 is 0 Å². The van der Waals surface area contributed by atoms with E-state index in [2.05, 4.69) is 5.32 Å². The fourth-order valence-corrected chi connectivity index (χ4v) is 2.30. The third-order valence-corrected chi connectivity index (χ3v) is 3.38. The molecule has 18 heavy (non-hydrogen) atoms. The maximum Gasteiger partial charge on any atom is 0.308 e. The lowest BCUT2D eigenvalue weighted by Gasteiger charge is -2.27. The molecule has 1 saturated carbocycles. The molecule has 0 saturated heterocycles. The Labute approximate surface area is 105 Å². The van der Waals surface area contributed by atoms with Gasteiger partial charge in [0, 0.05) is 6.04 Å². The lowest BCUT2D eigenvalue weighted by molar-refractivity contribution is -0.146. The minimum Gasteiger partial charge on any atom is -0.472 e. The van der Waals surface area contributed by atoms with Crippen LogP contribution in [0.5, 0.6) is 0 Å². The Morgan fingerprint density at radius 3 is 2.61 bits per heavy atom. The predicted molar refractivity (Wildman–Crippen MR) is 63.9 cm³/mol. The minimum atomic E-state index is -0.144. The van der Waals surface area contributed by atoms with Crippen LogP contribution in [0.15, 0.2) is 23.0 Å². The normalized spacial score (nSPS) is 23.4. The predicted octanol–water partition coefficient (Wildman–Crippen LogP) is 1.74. The fraction of sp³-hybridized carbons (Fsp3) is 0.538. The molecular formula is C13H17NO4. The van der Waals surface area contributed by atoms with E-state index in [-0.39, 0.29) is 23.8 Å². The van der Waals surface area contributed by atoms with Gasteiger partial charge in [-0.1, -0.05) is 0 Å². The summed E-state index contributed by atoms with van der Waals surface area (Å²) in [7, 11) is 1.41. The van der Waals surface area contributed by atoms with Gasteiger partial charge in [0.2, 0.25) is 0 Å². The minimum absolute atomic E-state index is 0.0166. The summed E-state index contributed by atoms with van der Waals surface area (Å²) in [6.07, 6.45) is 6.05. The van der Waals surface area contributed by atoms with Gasteiger partial charge in [-0.05, 0) is 31.7 Å². The number of amides is 1. The molecule has 5 nitrogen and oxygen atoms in total. The Morgan fingerprint density at radius 2 is 2.06 bits per heavy atom. The van der Waals surface area contributed by atoms with Gasteiger partial charge >= 0.3 is 5.97 Å². The van der Waals surface area contributed by atoms with Gasteiger partial charge in [0.1, 0.15) is 6.26 Å². The van der Waals surface area contributed by atoms with Gasteiger partial charge in [-0.3, -0.25) is 9.59 Å². The molecule has 98 valence electrons. The van der Waals surface area contributed by atoms with Crippen molar-refractivity contribution in [3.8, 4) is 0 Å². The number of hydrogen-bond donors (Lipinski definition) is 1. The number of carbonyl (C=O) groups is 2. The van der Waals surface area contributed by atoms with Gasteiger partial charge in [0.15, 0.2) is 0 Å². The zero-order valence-electron chi connectivity index (χ0n) is 10.3. The van der Waals surface area contributed by atoms with E-state index in [1.54, 1.807) is 6.07 Å². The molecule has 0 atom stereocenters. The summed E-state index contributed by atoms with van der Waals surface area (Å²) < 4.78 is 9.59. The second-order valence-corrected chi connectivity index (χ2v) is 4.56. The van der Waals surface area contributed by atoms with Crippen molar-refractivity contribution in [1.82, 2.24) is 5.32 Å². The molecule has 0 bridgehead atoms. The summed E-state index contributed by atoms with van der Waals surface area (Å²) in [5, 5.41) is 2.95. The Morgan fingerprint density at radius 1 is 1.33 bits per heavy atom. The van der Waals surface area contributed by atoms with Crippen molar-refractivity contribution in [3.05, 3.63) is 24.2 Å². The fourth-order valence-electron chi connectivity index (χ4n) is 2.30. The summed E-state index contributed by atoms with van der Waals surface area (Å²) in [5.41, 5.74) is 0.532. The van der Waals surface area contributed by atoms with Gasteiger partial charge < -0.3 is 14.5 Å². The third kappa shape index (κ3) is 2.91. The first-order chi connectivity index (χ1) is 8.70. The van der Waals surface area contributed by atoms with E-state index in [1.807, 2.05) is 0 Å². The summed E-state index contributed by atoms with van der Waals surface area (Å²) in [6, 6.07) is 1.77. The molecule has 0 aromatic carbocycles. The molecule has 1 aromatic heterocycles. The quantitative estimate of drug-likeness (QED) is 0.831. The van der Waals surface area contributed by atoms with Crippen LogP contribution in [-0.2, 0) is 9.53 Å². The first-order valence-corrected chi connectivity index (χ1v) is 6.11. The van der Waals surface area contributed by atoms with Crippen LogP contribution in [0.2, 0.25) is 0 Å².